The molecule has 5 aliphatic rings. The predicted molar refractivity (Wildman–Crippen MR) is 172 cm³/mol. The van der Waals surface area contributed by atoms with Crippen LogP contribution < -0.4 is 0 Å². The van der Waals surface area contributed by atoms with E-state index >= 15 is 0 Å². The Morgan fingerprint density at radius 1 is 0.886 bits per heavy atom. The molecule has 0 radical (unpaired) electrons. The van der Waals surface area contributed by atoms with Gasteiger partial charge in [-0.2, -0.15) is 0 Å². The Morgan fingerprint density at radius 2 is 1.57 bits per heavy atom. The second-order valence-corrected chi connectivity index (χ2v) is 17.1. The van der Waals surface area contributed by atoms with Crippen molar-refractivity contribution in [1.29, 1.82) is 0 Å². The highest BCUT2D eigenvalue weighted by Gasteiger charge is 2.70. The molecular formula is C39H52O5. The first-order valence-electron chi connectivity index (χ1n) is 16.9. The van der Waals surface area contributed by atoms with Crippen molar-refractivity contribution < 1.29 is 24.2 Å². The van der Waals surface area contributed by atoms with Crippen molar-refractivity contribution in [2.45, 2.75) is 112 Å². The lowest BCUT2D eigenvalue weighted by Gasteiger charge is -2.70. The Balaban J connectivity index is 1.30. The molecule has 1 aromatic carbocycles. The quantitative estimate of drug-likeness (QED) is 0.276. The number of rotatable bonds is 4. The summed E-state index contributed by atoms with van der Waals surface area (Å²) in [6.07, 6.45) is 13.1. The molecular weight excluding hydrogens is 548 g/mol. The van der Waals surface area contributed by atoms with Crippen LogP contribution >= 0.6 is 0 Å². The molecule has 9 atom stereocenters. The molecule has 0 amide bonds. The summed E-state index contributed by atoms with van der Waals surface area (Å²) in [7, 11) is 0. The highest BCUT2D eigenvalue weighted by Crippen LogP contribution is 2.75. The summed E-state index contributed by atoms with van der Waals surface area (Å²) in [5, 5.41) is 10.2. The number of esters is 1. The molecule has 5 nitrogen and oxygen atoms in total. The molecule has 4 saturated carbocycles. The van der Waals surface area contributed by atoms with E-state index < -0.39 is 11.4 Å². The summed E-state index contributed by atoms with van der Waals surface area (Å²) in [5.74, 6) is -0.498. The number of carbonyl (C=O) groups is 3. The maximum Gasteiger partial charge on any atom is 0.331 e. The number of hydrogen-bond acceptors (Lipinski definition) is 4. The number of carboxylic acids is 1. The van der Waals surface area contributed by atoms with E-state index in [1.54, 1.807) is 6.08 Å². The fourth-order valence-electron chi connectivity index (χ4n) is 11.5. The fourth-order valence-corrected chi connectivity index (χ4v) is 11.5. The van der Waals surface area contributed by atoms with Crippen LogP contribution in [0.3, 0.4) is 0 Å². The number of allylic oxidation sites excluding steroid dienone is 2. The Morgan fingerprint density at radius 3 is 2.25 bits per heavy atom. The monoisotopic (exact) mass is 600 g/mol. The molecule has 6 rings (SSSR count). The minimum absolute atomic E-state index is 0.0454. The van der Waals surface area contributed by atoms with Gasteiger partial charge in [-0.15, -0.1) is 0 Å². The summed E-state index contributed by atoms with van der Waals surface area (Å²) >= 11 is 0. The number of ketones is 1. The van der Waals surface area contributed by atoms with E-state index in [0.717, 1.165) is 50.5 Å². The van der Waals surface area contributed by atoms with Crippen LogP contribution in [0.5, 0.6) is 0 Å². The average Bonchev–Trinajstić information content (AvgIpc) is 2.96. The van der Waals surface area contributed by atoms with E-state index in [1.165, 1.54) is 11.6 Å². The maximum absolute atomic E-state index is 14.6. The van der Waals surface area contributed by atoms with Gasteiger partial charge in [0.15, 0.2) is 5.78 Å². The Kier molecular flexibility index (Phi) is 7.23. The van der Waals surface area contributed by atoms with Gasteiger partial charge in [-0.25, -0.2) is 4.79 Å². The number of benzene rings is 1. The van der Waals surface area contributed by atoms with Gasteiger partial charge in [0.2, 0.25) is 0 Å². The average molecular weight is 601 g/mol. The molecule has 0 unspecified atom stereocenters. The van der Waals surface area contributed by atoms with Crippen LogP contribution in [0.25, 0.3) is 6.08 Å². The Bertz CT molecular complexity index is 1420. The fraction of sp³-hybridized carbons (Fsp3) is 0.667. The van der Waals surface area contributed by atoms with Crippen molar-refractivity contribution in [3.05, 3.63) is 53.6 Å². The molecule has 238 valence electrons. The van der Waals surface area contributed by atoms with Crippen LogP contribution in [0.15, 0.2) is 48.1 Å². The predicted octanol–water partition coefficient (Wildman–Crippen LogP) is 8.68. The van der Waals surface area contributed by atoms with Crippen molar-refractivity contribution in [1.82, 2.24) is 0 Å². The van der Waals surface area contributed by atoms with Gasteiger partial charge in [-0.3, -0.25) is 9.59 Å². The second kappa shape index (κ2) is 10.2. The van der Waals surface area contributed by atoms with Gasteiger partial charge in [0.25, 0.3) is 0 Å². The largest absolute Gasteiger partial charge is 0.481 e. The highest BCUT2D eigenvalue weighted by atomic mass is 16.5. The van der Waals surface area contributed by atoms with Gasteiger partial charge in [0.1, 0.15) is 6.10 Å². The molecule has 0 bridgehead atoms. The van der Waals surface area contributed by atoms with Crippen LogP contribution in [0.4, 0.5) is 0 Å². The van der Waals surface area contributed by atoms with Gasteiger partial charge < -0.3 is 9.84 Å². The van der Waals surface area contributed by atoms with Crippen molar-refractivity contribution in [3.8, 4) is 0 Å². The van der Waals surface area contributed by atoms with E-state index in [9.17, 15) is 19.5 Å². The lowest BCUT2D eigenvalue weighted by Crippen LogP contribution is -2.66. The van der Waals surface area contributed by atoms with Crippen LogP contribution in [-0.4, -0.2) is 28.9 Å². The molecule has 0 aromatic heterocycles. The maximum atomic E-state index is 14.6. The first kappa shape index (κ1) is 31.3. The topological polar surface area (TPSA) is 80.7 Å². The van der Waals surface area contributed by atoms with E-state index in [1.807, 2.05) is 43.3 Å². The van der Waals surface area contributed by atoms with E-state index in [4.69, 9.17) is 4.74 Å². The molecule has 1 aromatic rings. The van der Waals surface area contributed by atoms with Crippen LogP contribution in [0, 0.1) is 50.2 Å². The van der Waals surface area contributed by atoms with E-state index in [-0.39, 0.29) is 62.7 Å². The van der Waals surface area contributed by atoms with E-state index in [2.05, 4.69) is 41.5 Å². The van der Waals surface area contributed by atoms with Crippen LogP contribution in [0.2, 0.25) is 0 Å². The number of carbonyl (C=O) groups excluding carboxylic acids is 2. The summed E-state index contributed by atoms with van der Waals surface area (Å²) in [6, 6.07) is 9.79. The minimum atomic E-state index is -0.746. The van der Waals surface area contributed by atoms with Gasteiger partial charge in [0, 0.05) is 17.4 Å². The molecule has 1 N–H and O–H groups in total. The first-order valence-corrected chi connectivity index (χ1v) is 16.9. The molecule has 5 aliphatic carbocycles. The standard InChI is InChI=1S/C39H52O5/c1-34(2)29-15-18-39(7)32(37(29,5)17-16-30(34)44-31(41)14-13-25-11-9-8-10-12-25)28(40)23-26-27-24-36(4,33(42)43)20-19-35(27,3)21-22-38(26,39)6/h8-14,23,27,29-30,32H,15-22,24H2,1-7H3,(H,42,43)/b14-13+/t27-,29-,30-,32+,35+,36-,37-,38+,39+/m0/s1. The van der Waals surface area contributed by atoms with Gasteiger partial charge >= 0.3 is 11.9 Å². The normalized spacial score (nSPS) is 44.4. The van der Waals surface area contributed by atoms with Crippen LogP contribution in [0.1, 0.15) is 112 Å². The minimum Gasteiger partial charge on any atom is -0.481 e. The first-order chi connectivity index (χ1) is 20.5. The van der Waals surface area contributed by atoms with Gasteiger partial charge in [0.05, 0.1) is 5.41 Å². The zero-order chi connectivity index (χ0) is 31.9. The van der Waals surface area contributed by atoms with Crippen molar-refractivity contribution in [3.63, 3.8) is 0 Å². The number of carboxylic acid groups (broad SMARTS) is 1. The van der Waals surface area contributed by atoms with Gasteiger partial charge in [-0.05, 0) is 116 Å². The molecule has 0 saturated heterocycles. The number of aliphatic carboxylic acids is 1. The van der Waals surface area contributed by atoms with E-state index in [0.29, 0.717) is 12.8 Å². The molecule has 0 spiro atoms. The third-order valence-electron chi connectivity index (χ3n) is 14.5. The third kappa shape index (κ3) is 4.42. The SMILES string of the molecule is CC1(C)[C@@H](OC(=O)/C=C/c2ccccc2)CC[C@]2(C)[C@H]3C(=O)C=C4[C@@H]5C[C@@](C)(C(=O)O)CC[C@]5(C)CC[C@@]4(C)[C@]3(C)CC[C@@H]12. The van der Waals surface area contributed by atoms with Crippen LogP contribution in [-0.2, 0) is 19.1 Å². The Hall–Kier alpha value is -2.69. The van der Waals surface area contributed by atoms with Crippen molar-refractivity contribution >= 4 is 23.8 Å². The molecule has 4 fully saturated rings. The highest BCUT2D eigenvalue weighted by molar-refractivity contribution is 5.95. The molecule has 44 heavy (non-hydrogen) atoms. The number of fused-ring (bicyclic) bond motifs is 7. The summed E-state index contributed by atoms with van der Waals surface area (Å²) in [6.45, 7) is 15.9. The van der Waals surface area contributed by atoms with Crippen molar-refractivity contribution in [2.75, 3.05) is 0 Å². The smallest absolute Gasteiger partial charge is 0.331 e. The zero-order valence-corrected chi connectivity index (χ0v) is 27.9. The summed E-state index contributed by atoms with van der Waals surface area (Å²) in [4.78, 5) is 39.9. The zero-order valence-electron chi connectivity index (χ0n) is 27.9. The molecule has 0 aliphatic heterocycles. The van der Waals surface area contributed by atoms with Crippen molar-refractivity contribution in [2.24, 2.45) is 50.2 Å². The molecule has 0 heterocycles. The number of ether oxygens (including phenoxy) is 1. The summed E-state index contributed by atoms with van der Waals surface area (Å²) in [5.41, 5.74) is 0.695. The number of hydrogen-bond donors (Lipinski definition) is 1. The summed E-state index contributed by atoms with van der Waals surface area (Å²) < 4.78 is 6.15. The molecule has 5 heteroatoms. The lowest BCUT2D eigenvalue weighted by molar-refractivity contribution is -0.209. The Labute approximate surface area is 263 Å². The second-order valence-electron chi connectivity index (χ2n) is 17.1. The van der Waals surface area contributed by atoms with Gasteiger partial charge in [-0.1, -0.05) is 77.4 Å². The third-order valence-corrected chi connectivity index (χ3v) is 14.5. The lowest BCUT2D eigenvalue weighted by atomic mass is 9.33.